The van der Waals surface area contributed by atoms with E-state index >= 15 is 0 Å². The first-order valence-electron chi connectivity index (χ1n) is 8.88. The van der Waals surface area contributed by atoms with Crippen LogP contribution >= 0.6 is 0 Å². The smallest absolute Gasteiger partial charge is 0.355 e. The van der Waals surface area contributed by atoms with Gasteiger partial charge in [-0.1, -0.05) is 49.6 Å². The molecule has 1 aromatic rings. The zero-order valence-corrected chi connectivity index (χ0v) is 15.3. The Hall–Kier alpha value is -3.14. The van der Waals surface area contributed by atoms with E-state index in [0.29, 0.717) is 18.4 Å². The van der Waals surface area contributed by atoms with Gasteiger partial charge in [-0.2, -0.15) is 5.26 Å². The molecule has 1 aromatic carbocycles. The molecule has 7 nitrogen and oxygen atoms in total. The third-order valence-corrected chi connectivity index (χ3v) is 4.28. The molecule has 0 heterocycles. The minimum atomic E-state index is -0.887. The van der Waals surface area contributed by atoms with Crippen molar-refractivity contribution in [1.29, 1.82) is 5.26 Å². The van der Waals surface area contributed by atoms with Gasteiger partial charge in [0.1, 0.15) is 11.2 Å². The first-order chi connectivity index (χ1) is 12.9. The minimum Gasteiger partial charge on any atom is -0.451 e. The van der Waals surface area contributed by atoms with Crippen LogP contribution in [0.4, 0.5) is 0 Å². The van der Waals surface area contributed by atoms with Crippen LogP contribution < -0.4 is 10.6 Å². The highest BCUT2D eigenvalue weighted by atomic mass is 16.5. The maximum absolute atomic E-state index is 12.3. The third-order valence-electron chi connectivity index (χ3n) is 4.28. The number of benzene rings is 1. The lowest BCUT2D eigenvalue weighted by Crippen LogP contribution is -2.50. The second-order valence-electron chi connectivity index (χ2n) is 6.53. The lowest BCUT2D eigenvalue weighted by molar-refractivity contribution is -0.146. The van der Waals surface area contributed by atoms with Crippen LogP contribution in [0.5, 0.6) is 0 Å². The van der Waals surface area contributed by atoms with E-state index in [1.807, 2.05) is 6.07 Å². The van der Waals surface area contributed by atoms with Gasteiger partial charge in [0.25, 0.3) is 5.91 Å². The normalized spacial score (nSPS) is 15.9. The summed E-state index contributed by atoms with van der Waals surface area (Å²) in [4.78, 5) is 35.8. The Labute approximate surface area is 158 Å². The van der Waals surface area contributed by atoms with Crippen molar-refractivity contribution in [3.63, 3.8) is 0 Å². The van der Waals surface area contributed by atoms with Crippen molar-refractivity contribution in [2.24, 2.45) is 0 Å². The van der Waals surface area contributed by atoms with Gasteiger partial charge in [-0.3, -0.25) is 9.59 Å². The molecule has 1 fully saturated rings. The number of carbonyl (C=O) groups is 3. The Morgan fingerprint density at radius 3 is 2.44 bits per heavy atom. The second-order valence-corrected chi connectivity index (χ2v) is 6.53. The molecular formula is C20H23N3O4. The molecular weight excluding hydrogens is 346 g/mol. The van der Waals surface area contributed by atoms with E-state index in [1.165, 1.54) is 13.0 Å². The molecule has 0 saturated heterocycles. The van der Waals surface area contributed by atoms with Crippen molar-refractivity contribution >= 4 is 23.9 Å². The third kappa shape index (κ3) is 6.26. The molecule has 0 aliphatic heterocycles. The van der Waals surface area contributed by atoms with Crippen molar-refractivity contribution in [3.05, 3.63) is 41.6 Å². The summed E-state index contributed by atoms with van der Waals surface area (Å²) in [5.41, 5.74) is -0.246. The summed E-state index contributed by atoms with van der Waals surface area (Å²) in [7, 11) is 0. The number of amides is 2. The summed E-state index contributed by atoms with van der Waals surface area (Å²) in [6, 6.07) is 11.1. The number of esters is 1. The van der Waals surface area contributed by atoms with E-state index in [0.717, 1.165) is 19.3 Å². The molecule has 2 amide bonds. The Bertz CT molecular complexity index is 759. The molecule has 0 unspecified atom stereocenters. The maximum Gasteiger partial charge on any atom is 0.355 e. The standard InChI is InChI=1S/C20H23N3O4/c1-15(24)22-17(12-16-8-4-2-5-9-16)19(26)27-13-18(25)23-20(14-21)10-6-3-7-11-20/h2,4-5,8-9,12H,3,6-7,10-11,13H2,1H3,(H,22,24)(H,23,25)/b17-12-. The van der Waals surface area contributed by atoms with Crippen LogP contribution in [0, 0.1) is 11.3 Å². The van der Waals surface area contributed by atoms with Gasteiger partial charge in [-0.05, 0) is 24.5 Å². The second kappa shape index (κ2) is 9.53. The van der Waals surface area contributed by atoms with Crippen molar-refractivity contribution in [2.75, 3.05) is 6.61 Å². The van der Waals surface area contributed by atoms with Gasteiger partial charge in [0, 0.05) is 6.92 Å². The number of nitrogens with zero attached hydrogens (tertiary/aromatic N) is 1. The predicted molar refractivity (Wildman–Crippen MR) is 98.8 cm³/mol. The van der Waals surface area contributed by atoms with E-state index < -0.39 is 29.9 Å². The fourth-order valence-corrected chi connectivity index (χ4v) is 2.98. The SMILES string of the molecule is CC(=O)N/C(=C\c1ccccc1)C(=O)OCC(=O)NC1(C#N)CCCCC1. The molecule has 0 spiro atoms. The Morgan fingerprint density at radius 1 is 1.19 bits per heavy atom. The van der Waals surface area contributed by atoms with Gasteiger partial charge >= 0.3 is 5.97 Å². The summed E-state index contributed by atoms with van der Waals surface area (Å²) >= 11 is 0. The first-order valence-corrected chi connectivity index (χ1v) is 8.88. The number of nitriles is 1. The molecule has 2 N–H and O–H groups in total. The summed E-state index contributed by atoms with van der Waals surface area (Å²) in [5, 5.41) is 14.5. The molecule has 27 heavy (non-hydrogen) atoms. The number of nitrogens with one attached hydrogen (secondary N) is 2. The Kier molecular flexibility index (Phi) is 7.12. The molecule has 0 bridgehead atoms. The van der Waals surface area contributed by atoms with E-state index in [-0.39, 0.29) is 5.70 Å². The van der Waals surface area contributed by atoms with Crippen LogP contribution in [0.3, 0.4) is 0 Å². The molecule has 0 aromatic heterocycles. The van der Waals surface area contributed by atoms with Crippen LogP contribution in [0.2, 0.25) is 0 Å². The van der Waals surface area contributed by atoms with Crippen LogP contribution in [0.15, 0.2) is 36.0 Å². The van der Waals surface area contributed by atoms with Gasteiger partial charge in [-0.25, -0.2) is 4.79 Å². The largest absolute Gasteiger partial charge is 0.451 e. The highest BCUT2D eigenvalue weighted by molar-refractivity contribution is 5.98. The number of carbonyl (C=O) groups excluding carboxylic acids is 3. The molecule has 0 atom stereocenters. The van der Waals surface area contributed by atoms with Crippen molar-refractivity contribution in [2.45, 2.75) is 44.6 Å². The Morgan fingerprint density at radius 2 is 1.85 bits per heavy atom. The number of hydrogen-bond acceptors (Lipinski definition) is 5. The van der Waals surface area contributed by atoms with Crippen molar-refractivity contribution in [1.82, 2.24) is 10.6 Å². The minimum absolute atomic E-state index is 0.0610. The first kappa shape index (κ1) is 20.2. The fraction of sp³-hybridized carbons (Fsp3) is 0.400. The monoisotopic (exact) mass is 369 g/mol. The molecule has 1 aliphatic carbocycles. The van der Waals surface area contributed by atoms with Crippen LogP contribution in [-0.4, -0.2) is 29.9 Å². The van der Waals surface area contributed by atoms with Crippen LogP contribution in [0.25, 0.3) is 6.08 Å². The number of ether oxygens (including phenoxy) is 1. The molecule has 1 aliphatic rings. The van der Waals surface area contributed by atoms with Gasteiger partial charge in [-0.15, -0.1) is 0 Å². The van der Waals surface area contributed by atoms with Crippen LogP contribution in [-0.2, 0) is 19.1 Å². The Balaban J connectivity index is 1.98. The molecule has 7 heteroatoms. The summed E-state index contributed by atoms with van der Waals surface area (Å²) in [6.45, 7) is 0.756. The average Bonchev–Trinajstić information content (AvgIpc) is 2.67. The predicted octanol–water partition coefficient (Wildman–Crippen LogP) is 2.05. The maximum atomic E-state index is 12.3. The lowest BCUT2D eigenvalue weighted by Gasteiger charge is -2.31. The van der Waals surface area contributed by atoms with Crippen LogP contribution in [0.1, 0.15) is 44.6 Å². The average molecular weight is 369 g/mol. The zero-order valence-electron chi connectivity index (χ0n) is 15.3. The van der Waals surface area contributed by atoms with E-state index in [9.17, 15) is 19.6 Å². The zero-order chi connectivity index (χ0) is 19.7. The van der Waals surface area contributed by atoms with E-state index in [2.05, 4.69) is 16.7 Å². The summed E-state index contributed by atoms with van der Waals surface area (Å²) in [6.07, 6.45) is 5.45. The molecule has 142 valence electrons. The van der Waals surface area contributed by atoms with E-state index in [4.69, 9.17) is 4.74 Å². The van der Waals surface area contributed by atoms with Crippen molar-refractivity contribution < 1.29 is 19.1 Å². The van der Waals surface area contributed by atoms with Gasteiger partial charge in [0.2, 0.25) is 5.91 Å². The van der Waals surface area contributed by atoms with Gasteiger partial charge < -0.3 is 15.4 Å². The van der Waals surface area contributed by atoms with Crippen molar-refractivity contribution in [3.8, 4) is 6.07 Å². The topological polar surface area (TPSA) is 108 Å². The highest BCUT2D eigenvalue weighted by Gasteiger charge is 2.33. The number of hydrogen-bond donors (Lipinski definition) is 2. The summed E-state index contributed by atoms with van der Waals surface area (Å²) < 4.78 is 5.03. The number of rotatable bonds is 6. The molecule has 2 rings (SSSR count). The van der Waals surface area contributed by atoms with E-state index in [1.54, 1.807) is 24.3 Å². The lowest BCUT2D eigenvalue weighted by atomic mass is 9.83. The van der Waals surface area contributed by atoms with Gasteiger partial charge in [0.05, 0.1) is 6.07 Å². The molecule has 1 saturated carbocycles. The highest BCUT2D eigenvalue weighted by Crippen LogP contribution is 2.27. The van der Waals surface area contributed by atoms with Gasteiger partial charge in [0.15, 0.2) is 6.61 Å². The quantitative estimate of drug-likeness (QED) is 0.589. The fourth-order valence-electron chi connectivity index (χ4n) is 2.98. The summed E-state index contributed by atoms with van der Waals surface area (Å²) in [5.74, 6) is -1.78. The molecule has 0 radical (unpaired) electrons.